The van der Waals surface area contributed by atoms with Crippen molar-refractivity contribution in [1.29, 1.82) is 0 Å². The fraction of sp³-hybridized carbons (Fsp3) is 0.304. The van der Waals surface area contributed by atoms with Crippen LogP contribution in [0.25, 0.3) is 22.6 Å². The molecular formula is C23H23FN8O2S. The van der Waals surface area contributed by atoms with Crippen molar-refractivity contribution in [2.24, 2.45) is 0 Å². The van der Waals surface area contributed by atoms with Gasteiger partial charge in [0, 0.05) is 24.5 Å². The number of nitrogens with zero attached hydrogens (tertiary/aromatic N) is 6. The first-order chi connectivity index (χ1) is 16.9. The minimum absolute atomic E-state index is 0.143. The number of imidazole rings is 1. The predicted molar refractivity (Wildman–Crippen MR) is 130 cm³/mol. The summed E-state index contributed by atoms with van der Waals surface area (Å²) in [5, 5.41) is 15.8. The average molecular weight is 495 g/mol. The molecule has 180 valence electrons. The van der Waals surface area contributed by atoms with Crippen LogP contribution in [0.3, 0.4) is 0 Å². The Morgan fingerprint density at radius 1 is 1.29 bits per heavy atom. The Hall–Kier alpha value is -3.64. The summed E-state index contributed by atoms with van der Waals surface area (Å²) >= 11 is 1.34. The highest BCUT2D eigenvalue weighted by atomic mass is 32.2. The molecule has 5 heterocycles. The Labute approximate surface area is 204 Å². The Morgan fingerprint density at radius 3 is 2.91 bits per heavy atom. The molecule has 12 heteroatoms. The van der Waals surface area contributed by atoms with Crippen molar-refractivity contribution in [3.8, 4) is 11.4 Å². The monoisotopic (exact) mass is 494 g/mol. The van der Waals surface area contributed by atoms with E-state index in [4.69, 9.17) is 0 Å². The van der Waals surface area contributed by atoms with Gasteiger partial charge < -0.3 is 15.7 Å². The van der Waals surface area contributed by atoms with Crippen LogP contribution in [0.4, 0.5) is 10.2 Å². The first-order valence-corrected chi connectivity index (χ1v) is 11.9. The molecule has 0 spiro atoms. The van der Waals surface area contributed by atoms with Crippen LogP contribution < -0.4 is 10.6 Å². The fourth-order valence-electron chi connectivity index (χ4n) is 3.99. The molecule has 35 heavy (non-hydrogen) atoms. The number of aliphatic hydroxyl groups is 1. The molecule has 0 aromatic carbocycles. The molecule has 3 atom stereocenters. The van der Waals surface area contributed by atoms with Gasteiger partial charge in [0.05, 0.1) is 36.1 Å². The highest BCUT2D eigenvalue weighted by Crippen LogP contribution is 2.43. The van der Waals surface area contributed by atoms with Crippen LogP contribution in [-0.2, 0) is 11.3 Å². The van der Waals surface area contributed by atoms with Crippen molar-refractivity contribution in [2.75, 3.05) is 12.4 Å². The Morgan fingerprint density at radius 2 is 2.14 bits per heavy atom. The van der Waals surface area contributed by atoms with Gasteiger partial charge >= 0.3 is 0 Å². The minimum Gasteiger partial charge on any atom is -0.390 e. The zero-order chi connectivity index (χ0) is 24.5. The van der Waals surface area contributed by atoms with E-state index >= 15 is 0 Å². The Bertz CT molecular complexity index is 1400. The van der Waals surface area contributed by atoms with Gasteiger partial charge in [-0.2, -0.15) is 0 Å². The van der Waals surface area contributed by atoms with Gasteiger partial charge in [0.25, 0.3) is 0 Å². The summed E-state index contributed by atoms with van der Waals surface area (Å²) in [5.74, 6) is 0.0476. The van der Waals surface area contributed by atoms with Crippen molar-refractivity contribution < 1.29 is 14.3 Å². The molecule has 1 aliphatic heterocycles. The summed E-state index contributed by atoms with van der Waals surface area (Å²) < 4.78 is 15.6. The van der Waals surface area contributed by atoms with E-state index < -0.39 is 22.5 Å². The van der Waals surface area contributed by atoms with Crippen LogP contribution in [0, 0.1) is 12.7 Å². The maximum absolute atomic E-state index is 13.9. The first kappa shape index (κ1) is 23.1. The van der Waals surface area contributed by atoms with Crippen LogP contribution in [0.15, 0.2) is 43.0 Å². The van der Waals surface area contributed by atoms with Gasteiger partial charge in [-0.05, 0) is 31.5 Å². The number of thioether (sulfide) groups is 1. The summed E-state index contributed by atoms with van der Waals surface area (Å²) in [7, 11) is 1.57. The predicted octanol–water partition coefficient (Wildman–Crippen LogP) is 2.45. The number of nitrogens with one attached hydrogen (secondary N) is 2. The summed E-state index contributed by atoms with van der Waals surface area (Å²) in [4.78, 5) is 34.3. The molecular weight excluding hydrogens is 471 g/mol. The second-order valence-corrected chi connectivity index (χ2v) is 9.49. The number of aryl methyl sites for hydroxylation is 1. The lowest BCUT2D eigenvalue weighted by Gasteiger charge is -2.16. The van der Waals surface area contributed by atoms with Crippen LogP contribution in [-0.4, -0.2) is 58.9 Å². The van der Waals surface area contributed by atoms with E-state index in [1.165, 1.54) is 24.0 Å². The van der Waals surface area contributed by atoms with Gasteiger partial charge in [0.15, 0.2) is 22.8 Å². The third kappa shape index (κ3) is 4.66. The summed E-state index contributed by atoms with van der Waals surface area (Å²) in [5.41, 5.74) is 3.06. The maximum Gasteiger partial charge on any atom is 0.233 e. The van der Waals surface area contributed by atoms with Gasteiger partial charge in [-0.15, -0.1) is 11.8 Å². The molecule has 1 saturated heterocycles. The Balaban J connectivity index is 1.57. The summed E-state index contributed by atoms with van der Waals surface area (Å²) in [6.07, 6.45) is 3.71. The van der Waals surface area contributed by atoms with Crippen LogP contribution in [0.5, 0.6) is 0 Å². The topological polar surface area (TPSA) is 131 Å². The second-order valence-electron chi connectivity index (χ2n) is 8.17. The number of carbonyl (C=O) groups is 1. The molecule has 4 aromatic heterocycles. The van der Waals surface area contributed by atoms with Crippen molar-refractivity contribution >= 4 is 34.7 Å². The number of amides is 1. The fourth-order valence-corrected chi connectivity index (χ4v) is 5.46. The van der Waals surface area contributed by atoms with Crippen LogP contribution in [0.1, 0.15) is 23.2 Å². The number of anilines is 1. The van der Waals surface area contributed by atoms with Crippen LogP contribution >= 0.6 is 11.8 Å². The van der Waals surface area contributed by atoms with Gasteiger partial charge in [-0.25, -0.2) is 19.3 Å². The zero-order valence-corrected chi connectivity index (χ0v) is 19.8. The van der Waals surface area contributed by atoms with E-state index in [0.717, 1.165) is 17.6 Å². The normalized spacial score (nSPS) is 19.7. The van der Waals surface area contributed by atoms with E-state index in [2.05, 4.69) is 35.6 Å². The number of hydrogen-bond donors (Lipinski definition) is 3. The molecule has 4 aromatic rings. The third-order valence-corrected chi connectivity index (χ3v) is 7.22. The SMILES string of the molecule is CNC(=O)[C@@H]1C[C@@H](O)[C@H](n2cnc3c(NCc4cccc(C)n4)nc(-c4cncc(F)c4)nc32)S1. The molecule has 5 rings (SSSR count). The smallest absolute Gasteiger partial charge is 0.233 e. The van der Waals surface area contributed by atoms with E-state index in [1.54, 1.807) is 17.9 Å². The van der Waals surface area contributed by atoms with E-state index in [-0.39, 0.29) is 11.7 Å². The molecule has 1 aliphatic rings. The van der Waals surface area contributed by atoms with Crippen molar-refractivity contribution in [1.82, 2.24) is 34.8 Å². The number of rotatable bonds is 6. The largest absolute Gasteiger partial charge is 0.390 e. The molecule has 3 N–H and O–H groups in total. The molecule has 0 bridgehead atoms. The van der Waals surface area contributed by atoms with E-state index in [0.29, 0.717) is 35.5 Å². The van der Waals surface area contributed by atoms with Gasteiger partial charge in [0.1, 0.15) is 11.2 Å². The number of pyridine rings is 2. The zero-order valence-electron chi connectivity index (χ0n) is 19.0. The van der Waals surface area contributed by atoms with Crippen molar-refractivity contribution in [3.05, 3.63) is 60.2 Å². The highest BCUT2D eigenvalue weighted by molar-refractivity contribution is 8.01. The molecule has 0 saturated carbocycles. The number of carbonyl (C=O) groups excluding carboxylic acids is 1. The minimum atomic E-state index is -0.776. The molecule has 0 aliphatic carbocycles. The Kier molecular flexibility index (Phi) is 6.31. The van der Waals surface area contributed by atoms with Crippen LogP contribution in [0.2, 0.25) is 0 Å². The molecule has 10 nitrogen and oxygen atoms in total. The molecule has 1 fully saturated rings. The lowest BCUT2D eigenvalue weighted by Crippen LogP contribution is -2.28. The number of halogens is 1. The quantitative estimate of drug-likeness (QED) is 0.370. The van der Waals surface area contributed by atoms with Gasteiger partial charge in [0.2, 0.25) is 5.91 Å². The molecule has 0 unspecified atom stereocenters. The van der Waals surface area contributed by atoms with Gasteiger partial charge in [-0.3, -0.25) is 19.3 Å². The number of aromatic nitrogens is 6. The third-order valence-electron chi connectivity index (χ3n) is 5.67. The lowest BCUT2D eigenvalue weighted by molar-refractivity contribution is -0.120. The average Bonchev–Trinajstić information content (AvgIpc) is 3.45. The number of hydrogen-bond acceptors (Lipinski definition) is 9. The highest BCUT2D eigenvalue weighted by Gasteiger charge is 2.39. The lowest BCUT2D eigenvalue weighted by atomic mass is 10.2. The first-order valence-electron chi connectivity index (χ1n) is 11.0. The standard InChI is InChI=1S/C23H23FN8O2S/c1-12-4-3-5-15(29-12)10-27-20-18-21(31-19(30-20)13-6-14(24)9-26-8-13)32(11-28-18)23-16(33)7-17(35-23)22(34)25-2/h3-6,8-9,11,16-17,23,33H,7,10H2,1-2H3,(H,25,34)(H,27,30,31)/t16-,17+,23-/m1/s1. The number of aliphatic hydroxyl groups excluding tert-OH is 1. The van der Waals surface area contributed by atoms with Crippen molar-refractivity contribution in [2.45, 2.75) is 36.6 Å². The molecule has 0 radical (unpaired) electrons. The maximum atomic E-state index is 13.9. The molecule has 1 amide bonds. The second kappa shape index (κ2) is 9.55. The van der Waals surface area contributed by atoms with Gasteiger partial charge in [-0.1, -0.05) is 6.07 Å². The number of fused-ring (bicyclic) bond motifs is 1. The van der Waals surface area contributed by atoms with Crippen molar-refractivity contribution in [3.63, 3.8) is 0 Å². The van der Waals surface area contributed by atoms with E-state index in [9.17, 15) is 14.3 Å². The summed E-state index contributed by atoms with van der Waals surface area (Å²) in [6, 6.07) is 7.05. The van der Waals surface area contributed by atoms with E-state index in [1.807, 2.05) is 25.1 Å². The summed E-state index contributed by atoms with van der Waals surface area (Å²) in [6.45, 7) is 2.31.